The van der Waals surface area contributed by atoms with Crippen LogP contribution in [0.1, 0.15) is 82.3 Å². The van der Waals surface area contributed by atoms with Crippen LogP contribution >= 0.6 is 0 Å². The Morgan fingerprint density at radius 3 is 1.77 bits per heavy atom. The highest BCUT2D eigenvalue weighted by atomic mass is 19.3. The topological polar surface area (TPSA) is 0 Å². The predicted octanol–water partition coefficient (Wildman–Crippen LogP) is 8.95. The molecular formula is C26H32F4. The highest BCUT2D eigenvalue weighted by Crippen LogP contribution is 2.46. The van der Waals surface area contributed by atoms with E-state index in [1.807, 2.05) is 12.1 Å². The first-order chi connectivity index (χ1) is 14.3. The zero-order chi connectivity index (χ0) is 21.8. The molecule has 1 fully saturated rings. The lowest BCUT2D eigenvalue weighted by molar-refractivity contribution is -0.219. The molecule has 0 radical (unpaired) electrons. The summed E-state index contributed by atoms with van der Waals surface area (Å²) in [7, 11) is 0. The van der Waals surface area contributed by atoms with Gasteiger partial charge >= 0.3 is 11.8 Å². The minimum atomic E-state index is -4.16. The maximum Gasteiger partial charge on any atom is 0.335 e. The fraction of sp³-hybridized carbons (Fsp3) is 0.538. The van der Waals surface area contributed by atoms with E-state index in [0.717, 1.165) is 29.2 Å². The van der Waals surface area contributed by atoms with Gasteiger partial charge in [-0.2, -0.15) is 17.6 Å². The zero-order valence-corrected chi connectivity index (χ0v) is 17.9. The summed E-state index contributed by atoms with van der Waals surface area (Å²) in [5, 5.41) is 0. The third-order valence-electron chi connectivity index (χ3n) is 6.53. The number of hydrogen-bond acceptors (Lipinski definition) is 0. The van der Waals surface area contributed by atoms with Crippen molar-refractivity contribution in [3.8, 4) is 11.1 Å². The van der Waals surface area contributed by atoms with Crippen LogP contribution in [-0.2, 0) is 5.92 Å². The summed E-state index contributed by atoms with van der Waals surface area (Å²) in [6.07, 6.45) is 6.78. The van der Waals surface area contributed by atoms with Crippen LogP contribution in [0.25, 0.3) is 11.1 Å². The minimum absolute atomic E-state index is 0.00722. The molecule has 2 aromatic rings. The predicted molar refractivity (Wildman–Crippen MR) is 115 cm³/mol. The molecule has 0 atom stereocenters. The van der Waals surface area contributed by atoms with E-state index in [-0.39, 0.29) is 6.42 Å². The standard InChI is InChI=1S/C26H32F4/c1-3-5-19-6-8-20(9-7-19)21-10-12-22(13-11-21)23-14-16-24(17-15-23)26(29,30)25(27,28)18-4-2/h10-17,19-20H,3-9,18H2,1-2H3. The van der Waals surface area contributed by atoms with E-state index in [9.17, 15) is 17.6 Å². The van der Waals surface area contributed by atoms with Gasteiger partial charge in [0, 0.05) is 12.0 Å². The Bertz CT molecular complexity index is 785. The van der Waals surface area contributed by atoms with Gasteiger partial charge in [0.1, 0.15) is 0 Å². The van der Waals surface area contributed by atoms with E-state index in [1.165, 1.54) is 63.1 Å². The van der Waals surface area contributed by atoms with Gasteiger partial charge in [-0.25, -0.2) is 0 Å². The van der Waals surface area contributed by atoms with Crippen LogP contribution in [0.3, 0.4) is 0 Å². The summed E-state index contributed by atoms with van der Waals surface area (Å²) < 4.78 is 56.2. The first kappa shape index (κ1) is 22.8. The second-order valence-electron chi connectivity index (χ2n) is 8.73. The molecule has 2 aromatic carbocycles. The highest BCUT2D eigenvalue weighted by Gasteiger charge is 2.56. The van der Waals surface area contributed by atoms with Gasteiger partial charge in [-0.15, -0.1) is 0 Å². The Balaban J connectivity index is 1.69. The van der Waals surface area contributed by atoms with E-state index in [4.69, 9.17) is 0 Å². The third kappa shape index (κ3) is 4.90. The summed E-state index contributed by atoms with van der Waals surface area (Å²) in [5.74, 6) is -6.75. The van der Waals surface area contributed by atoms with Crippen molar-refractivity contribution in [1.29, 1.82) is 0 Å². The number of benzene rings is 2. The Hall–Kier alpha value is -1.84. The molecule has 1 aliphatic carbocycles. The smallest absolute Gasteiger partial charge is 0.199 e. The quantitative estimate of drug-likeness (QED) is 0.374. The minimum Gasteiger partial charge on any atom is -0.199 e. The van der Waals surface area contributed by atoms with E-state index < -0.39 is 23.8 Å². The van der Waals surface area contributed by atoms with Gasteiger partial charge in [0.2, 0.25) is 0 Å². The molecule has 164 valence electrons. The molecule has 0 N–H and O–H groups in total. The van der Waals surface area contributed by atoms with Crippen LogP contribution in [0, 0.1) is 5.92 Å². The van der Waals surface area contributed by atoms with E-state index in [2.05, 4.69) is 19.1 Å². The Labute approximate surface area is 177 Å². The van der Waals surface area contributed by atoms with Gasteiger partial charge in [0.05, 0.1) is 0 Å². The summed E-state index contributed by atoms with van der Waals surface area (Å²) in [6.45, 7) is 3.73. The van der Waals surface area contributed by atoms with Crippen molar-refractivity contribution in [3.63, 3.8) is 0 Å². The van der Waals surface area contributed by atoms with Gasteiger partial charge in [-0.3, -0.25) is 0 Å². The maximum atomic E-state index is 14.2. The summed E-state index contributed by atoms with van der Waals surface area (Å²) in [4.78, 5) is 0. The van der Waals surface area contributed by atoms with E-state index in [1.54, 1.807) is 0 Å². The lowest BCUT2D eigenvalue weighted by Crippen LogP contribution is -2.37. The molecule has 0 spiro atoms. The van der Waals surface area contributed by atoms with E-state index in [0.29, 0.717) is 5.92 Å². The van der Waals surface area contributed by atoms with Crippen molar-refractivity contribution in [2.24, 2.45) is 5.92 Å². The van der Waals surface area contributed by atoms with Crippen LogP contribution in [-0.4, -0.2) is 5.92 Å². The lowest BCUT2D eigenvalue weighted by Gasteiger charge is -2.28. The average Bonchev–Trinajstić information content (AvgIpc) is 2.75. The number of halogens is 4. The van der Waals surface area contributed by atoms with Gasteiger partial charge < -0.3 is 0 Å². The SMILES string of the molecule is CCCC1CCC(c2ccc(-c3ccc(C(F)(F)C(F)(F)CCC)cc3)cc2)CC1. The molecule has 30 heavy (non-hydrogen) atoms. The largest absolute Gasteiger partial charge is 0.335 e. The molecule has 3 rings (SSSR count). The summed E-state index contributed by atoms with van der Waals surface area (Å²) in [5.41, 5.74) is 2.36. The Morgan fingerprint density at radius 1 is 0.733 bits per heavy atom. The lowest BCUT2D eigenvalue weighted by atomic mass is 9.77. The molecule has 0 bridgehead atoms. The third-order valence-corrected chi connectivity index (χ3v) is 6.53. The molecule has 0 saturated heterocycles. The zero-order valence-electron chi connectivity index (χ0n) is 17.9. The van der Waals surface area contributed by atoms with Gasteiger partial charge in [-0.05, 0) is 54.2 Å². The highest BCUT2D eigenvalue weighted by molar-refractivity contribution is 5.64. The molecule has 1 aliphatic rings. The molecule has 4 heteroatoms. The number of alkyl halides is 4. The molecule has 0 amide bonds. The van der Waals surface area contributed by atoms with Crippen LogP contribution in [0.5, 0.6) is 0 Å². The van der Waals surface area contributed by atoms with Crippen molar-refractivity contribution in [3.05, 3.63) is 59.7 Å². The summed E-state index contributed by atoms with van der Waals surface area (Å²) in [6, 6.07) is 13.5. The molecular weight excluding hydrogens is 388 g/mol. The monoisotopic (exact) mass is 420 g/mol. The van der Waals surface area contributed by atoms with Crippen molar-refractivity contribution >= 4 is 0 Å². The average molecular weight is 421 g/mol. The Morgan fingerprint density at radius 2 is 1.27 bits per heavy atom. The molecule has 1 saturated carbocycles. The second kappa shape index (κ2) is 9.53. The maximum absolute atomic E-state index is 14.2. The van der Waals surface area contributed by atoms with Crippen molar-refractivity contribution in [1.82, 2.24) is 0 Å². The van der Waals surface area contributed by atoms with Gasteiger partial charge in [0.25, 0.3) is 0 Å². The van der Waals surface area contributed by atoms with Crippen LogP contribution in [0.4, 0.5) is 17.6 Å². The molecule has 0 heterocycles. The second-order valence-corrected chi connectivity index (χ2v) is 8.73. The van der Waals surface area contributed by atoms with Crippen molar-refractivity contribution in [2.45, 2.75) is 83.0 Å². The molecule has 0 nitrogen and oxygen atoms in total. The van der Waals surface area contributed by atoms with Gasteiger partial charge in [0.15, 0.2) is 0 Å². The first-order valence-electron chi connectivity index (χ1n) is 11.2. The normalized spacial score (nSPS) is 20.3. The van der Waals surface area contributed by atoms with Crippen molar-refractivity contribution < 1.29 is 17.6 Å². The fourth-order valence-electron chi connectivity index (χ4n) is 4.69. The molecule has 0 aromatic heterocycles. The Kier molecular flexibility index (Phi) is 7.26. The van der Waals surface area contributed by atoms with Crippen molar-refractivity contribution in [2.75, 3.05) is 0 Å². The van der Waals surface area contributed by atoms with E-state index >= 15 is 0 Å². The molecule has 0 aliphatic heterocycles. The fourth-order valence-corrected chi connectivity index (χ4v) is 4.69. The summed E-state index contributed by atoms with van der Waals surface area (Å²) >= 11 is 0. The first-order valence-corrected chi connectivity index (χ1v) is 11.2. The molecule has 0 unspecified atom stereocenters. The van der Waals surface area contributed by atoms with Crippen LogP contribution < -0.4 is 0 Å². The van der Waals surface area contributed by atoms with Crippen LogP contribution in [0.15, 0.2) is 48.5 Å². The van der Waals surface area contributed by atoms with Gasteiger partial charge in [-0.1, -0.05) is 81.6 Å². The van der Waals surface area contributed by atoms with Crippen LogP contribution in [0.2, 0.25) is 0 Å². The number of rotatable bonds is 8. The number of hydrogen-bond donors (Lipinski definition) is 0.